The standard InChI is InChI=1S/C21H26N4O3/c1-28-17-6-4-14(5-7-17)21(27)25-10-8-16(13-25)20-23-18(11-19(26)24-20)15-3-2-9-22-12-15/h2-3,9,11-12,14,16-17H,4-8,10,13H2,1H3,(H,23,24,26)/t14?,16-,17?/m1/s1. The monoisotopic (exact) mass is 382 g/mol. The Kier molecular flexibility index (Phi) is 5.52. The van der Waals surface area contributed by atoms with Gasteiger partial charge in [0, 0.05) is 56.1 Å². The topological polar surface area (TPSA) is 88.2 Å². The van der Waals surface area contributed by atoms with E-state index in [2.05, 4.69) is 15.0 Å². The number of nitrogens with zero attached hydrogens (tertiary/aromatic N) is 3. The van der Waals surface area contributed by atoms with Crippen molar-refractivity contribution in [3.05, 3.63) is 46.8 Å². The van der Waals surface area contributed by atoms with Crippen molar-refractivity contribution in [1.82, 2.24) is 19.9 Å². The van der Waals surface area contributed by atoms with Crippen LogP contribution in [0.15, 0.2) is 35.4 Å². The summed E-state index contributed by atoms with van der Waals surface area (Å²) >= 11 is 0. The van der Waals surface area contributed by atoms with E-state index in [4.69, 9.17) is 4.74 Å². The zero-order chi connectivity index (χ0) is 19.5. The summed E-state index contributed by atoms with van der Waals surface area (Å²) in [6.45, 7) is 1.33. The van der Waals surface area contributed by atoms with Crippen LogP contribution in [0.4, 0.5) is 0 Å². The van der Waals surface area contributed by atoms with Gasteiger partial charge in [-0.15, -0.1) is 0 Å². The van der Waals surface area contributed by atoms with Crippen LogP contribution in [0.1, 0.15) is 43.8 Å². The highest BCUT2D eigenvalue weighted by Gasteiger charge is 2.34. The van der Waals surface area contributed by atoms with Gasteiger partial charge in [0.2, 0.25) is 5.91 Å². The van der Waals surface area contributed by atoms with Crippen molar-refractivity contribution in [2.24, 2.45) is 5.92 Å². The predicted molar refractivity (Wildman–Crippen MR) is 105 cm³/mol. The number of carbonyl (C=O) groups excluding carboxylic acids is 1. The van der Waals surface area contributed by atoms with Gasteiger partial charge in [0.1, 0.15) is 5.82 Å². The number of ether oxygens (including phenoxy) is 1. The van der Waals surface area contributed by atoms with Crippen LogP contribution in [-0.4, -0.2) is 52.1 Å². The Bertz CT molecular complexity index is 875. The van der Waals surface area contributed by atoms with Gasteiger partial charge in [0.25, 0.3) is 5.56 Å². The second-order valence-corrected chi connectivity index (χ2v) is 7.74. The van der Waals surface area contributed by atoms with Gasteiger partial charge in [-0.25, -0.2) is 4.98 Å². The third-order valence-corrected chi connectivity index (χ3v) is 5.96. The molecule has 0 unspecified atom stereocenters. The highest BCUT2D eigenvalue weighted by molar-refractivity contribution is 5.79. The first-order chi connectivity index (χ1) is 13.6. The van der Waals surface area contributed by atoms with E-state index in [0.29, 0.717) is 30.7 Å². The van der Waals surface area contributed by atoms with E-state index in [1.807, 2.05) is 17.0 Å². The number of hydrogen-bond acceptors (Lipinski definition) is 5. The molecule has 0 radical (unpaired) electrons. The second-order valence-electron chi connectivity index (χ2n) is 7.74. The molecule has 1 saturated heterocycles. The summed E-state index contributed by atoms with van der Waals surface area (Å²) in [4.78, 5) is 38.6. The number of rotatable bonds is 4. The van der Waals surface area contributed by atoms with E-state index >= 15 is 0 Å². The van der Waals surface area contributed by atoms with E-state index in [9.17, 15) is 9.59 Å². The number of H-pyrrole nitrogens is 1. The minimum Gasteiger partial charge on any atom is -0.381 e. The maximum absolute atomic E-state index is 12.9. The van der Waals surface area contributed by atoms with Gasteiger partial charge in [-0.1, -0.05) is 0 Å². The van der Waals surface area contributed by atoms with Gasteiger partial charge in [-0.3, -0.25) is 14.6 Å². The molecule has 0 spiro atoms. The van der Waals surface area contributed by atoms with Crippen LogP contribution in [0, 0.1) is 5.92 Å². The average Bonchev–Trinajstić information content (AvgIpc) is 3.24. The van der Waals surface area contributed by atoms with E-state index in [1.54, 1.807) is 19.5 Å². The van der Waals surface area contributed by atoms with Gasteiger partial charge in [-0.2, -0.15) is 0 Å². The number of pyridine rings is 1. The number of methoxy groups -OCH3 is 1. The minimum absolute atomic E-state index is 0.0589. The quantitative estimate of drug-likeness (QED) is 0.877. The smallest absolute Gasteiger partial charge is 0.251 e. The van der Waals surface area contributed by atoms with Crippen molar-refractivity contribution >= 4 is 5.91 Å². The molecule has 1 saturated carbocycles. The fourth-order valence-electron chi connectivity index (χ4n) is 4.32. The lowest BCUT2D eigenvalue weighted by molar-refractivity contribution is -0.136. The summed E-state index contributed by atoms with van der Waals surface area (Å²) in [7, 11) is 1.74. The van der Waals surface area contributed by atoms with Crippen LogP contribution in [0.2, 0.25) is 0 Å². The zero-order valence-electron chi connectivity index (χ0n) is 16.1. The summed E-state index contributed by atoms with van der Waals surface area (Å²) in [6, 6.07) is 5.21. The number of carbonyl (C=O) groups is 1. The van der Waals surface area contributed by atoms with Crippen LogP contribution in [0.3, 0.4) is 0 Å². The van der Waals surface area contributed by atoms with Crippen molar-refractivity contribution in [2.45, 2.75) is 44.1 Å². The van der Waals surface area contributed by atoms with Crippen molar-refractivity contribution in [1.29, 1.82) is 0 Å². The Labute approximate surface area is 164 Å². The summed E-state index contributed by atoms with van der Waals surface area (Å²) in [6.07, 6.45) is 8.19. The number of likely N-dealkylation sites (tertiary alicyclic amines) is 1. The molecule has 7 nitrogen and oxygen atoms in total. The highest BCUT2D eigenvalue weighted by Crippen LogP contribution is 2.31. The van der Waals surface area contributed by atoms with Crippen LogP contribution < -0.4 is 5.56 Å². The van der Waals surface area contributed by atoms with Gasteiger partial charge in [0.15, 0.2) is 0 Å². The van der Waals surface area contributed by atoms with Crippen LogP contribution in [0.25, 0.3) is 11.3 Å². The number of nitrogens with one attached hydrogen (secondary N) is 1. The molecule has 28 heavy (non-hydrogen) atoms. The summed E-state index contributed by atoms with van der Waals surface area (Å²) < 4.78 is 5.41. The molecule has 7 heteroatoms. The molecule has 1 aliphatic carbocycles. The van der Waals surface area contributed by atoms with Crippen molar-refractivity contribution in [3.8, 4) is 11.3 Å². The van der Waals surface area contributed by atoms with E-state index in [1.165, 1.54) is 6.07 Å². The number of amides is 1. The normalized spacial score (nSPS) is 25.0. The molecule has 0 aromatic carbocycles. The van der Waals surface area contributed by atoms with Crippen molar-refractivity contribution in [3.63, 3.8) is 0 Å². The molecule has 1 amide bonds. The summed E-state index contributed by atoms with van der Waals surface area (Å²) in [5, 5.41) is 0. The van der Waals surface area contributed by atoms with Crippen LogP contribution in [0.5, 0.6) is 0 Å². The Morgan fingerprint density at radius 1 is 1.25 bits per heavy atom. The van der Waals surface area contributed by atoms with Gasteiger partial charge < -0.3 is 14.6 Å². The van der Waals surface area contributed by atoms with E-state index in [0.717, 1.165) is 37.7 Å². The molecule has 4 rings (SSSR count). The highest BCUT2D eigenvalue weighted by atomic mass is 16.5. The molecule has 2 aliphatic rings. The van der Waals surface area contributed by atoms with Crippen molar-refractivity contribution < 1.29 is 9.53 Å². The van der Waals surface area contributed by atoms with Gasteiger partial charge in [0.05, 0.1) is 11.8 Å². The molecule has 0 bridgehead atoms. The molecule has 2 fully saturated rings. The molecule has 1 aliphatic heterocycles. The molecule has 1 N–H and O–H groups in total. The van der Waals surface area contributed by atoms with Gasteiger partial charge >= 0.3 is 0 Å². The van der Waals surface area contributed by atoms with Gasteiger partial charge in [-0.05, 0) is 44.2 Å². The van der Waals surface area contributed by atoms with Crippen LogP contribution >= 0.6 is 0 Å². The van der Waals surface area contributed by atoms with E-state index in [-0.39, 0.29) is 23.3 Å². The Morgan fingerprint density at radius 2 is 2.07 bits per heavy atom. The fourth-order valence-corrected chi connectivity index (χ4v) is 4.32. The van der Waals surface area contributed by atoms with E-state index < -0.39 is 0 Å². The largest absolute Gasteiger partial charge is 0.381 e. The predicted octanol–water partition coefficient (Wildman–Crippen LogP) is 2.35. The molecule has 148 valence electrons. The lowest BCUT2D eigenvalue weighted by atomic mass is 9.86. The number of aromatic nitrogens is 3. The third-order valence-electron chi connectivity index (χ3n) is 5.96. The summed E-state index contributed by atoms with van der Waals surface area (Å²) in [5.74, 6) is 1.05. The Balaban J connectivity index is 1.45. The molecular formula is C21H26N4O3. The third kappa shape index (κ3) is 3.99. The second kappa shape index (κ2) is 8.22. The Morgan fingerprint density at radius 3 is 2.79 bits per heavy atom. The molecule has 3 heterocycles. The average molecular weight is 382 g/mol. The Hall–Kier alpha value is -2.54. The molecule has 1 atom stereocenters. The SMILES string of the molecule is COC1CCC(C(=O)N2CC[C@@H](c3nc(-c4cccnc4)cc(=O)[nH]3)C2)CC1. The first kappa shape index (κ1) is 18.8. The number of hydrogen-bond donors (Lipinski definition) is 1. The first-order valence-corrected chi connectivity index (χ1v) is 9.97. The fraction of sp³-hybridized carbons (Fsp3) is 0.524. The van der Waals surface area contributed by atoms with Crippen LogP contribution in [-0.2, 0) is 9.53 Å². The lowest BCUT2D eigenvalue weighted by Crippen LogP contribution is -2.37. The summed E-state index contributed by atoms with van der Waals surface area (Å²) in [5.41, 5.74) is 1.26. The molecule has 2 aromatic rings. The molecule has 2 aromatic heterocycles. The van der Waals surface area contributed by atoms with Crippen molar-refractivity contribution in [2.75, 3.05) is 20.2 Å². The first-order valence-electron chi connectivity index (χ1n) is 9.97. The zero-order valence-corrected chi connectivity index (χ0v) is 16.1. The maximum Gasteiger partial charge on any atom is 0.251 e. The lowest BCUT2D eigenvalue weighted by Gasteiger charge is -2.29. The number of aromatic amines is 1. The maximum atomic E-state index is 12.9. The molecular weight excluding hydrogens is 356 g/mol. The minimum atomic E-state index is -0.175.